The van der Waals surface area contributed by atoms with Crippen molar-refractivity contribution in [3.8, 4) is 0 Å². The number of nitrogens with zero attached hydrogens (tertiary/aromatic N) is 1. The first kappa shape index (κ1) is 25.2. The van der Waals surface area contributed by atoms with Gasteiger partial charge in [-0.1, -0.05) is 103 Å². The molecule has 176 valence electrons. The SMILES string of the molecule is COC(=O)[C@H](C(c1ccccc1)c1ccccc1)N(C)C(=O)C(Cc1ccccc1)SC(C)=O. The van der Waals surface area contributed by atoms with Gasteiger partial charge < -0.3 is 9.64 Å². The maximum atomic E-state index is 13.8. The Morgan fingerprint density at radius 1 is 0.824 bits per heavy atom. The lowest BCUT2D eigenvalue weighted by molar-refractivity contribution is -0.152. The highest BCUT2D eigenvalue weighted by atomic mass is 32.2. The van der Waals surface area contributed by atoms with Crippen molar-refractivity contribution in [3.63, 3.8) is 0 Å². The van der Waals surface area contributed by atoms with Gasteiger partial charge in [-0.3, -0.25) is 9.59 Å². The van der Waals surface area contributed by atoms with Crippen LogP contribution in [0.25, 0.3) is 0 Å². The number of hydrogen-bond donors (Lipinski definition) is 0. The largest absolute Gasteiger partial charge is 0.467 e. The lowest BCUT2D eigenvalue weighted by Crippen LogP contribution is -2.50. The Kier molecular flexibility index (Phi) is 9.05. The second-order valence-corrected chi connectivity index (χ2v) is 9.38. The van der Waals surface area contributed by atoms with Gasteiger partial charge in [-0.15, -0.1) is 0 Å². The average molecular weight is 476 g/mol. The zero-order valence-corrected chi connectivity index (χ0v) is 20.4. The molecule has 0 aliphatic heterocycles. The molecule has 0 saturated heterocycles. The van der Waals surface area contributed by atoms with Gasteiger partial charge in [0.1, 0.15) is 6.04 Å². The van der Waals surface area contributed by atoms with E-state index in [0.717, 1.165) is 28.5 Å². The van der Waals surface area contributed by atoms with Crippen LogP contribution in [0, 0.1) is 0 Å². The molecular weight excluding hydrogens is 446 g/mol. The van der Waals surface area contributed by atoms with Crippen molar-refractivity contribution >= 4 is 28.8 Å². The van der Waals surface area contributed by atoms with E-state index in [1.807, 2.05) is 91.0 Å². The van der Waals surface area contributed by atoms with Crippen LogP contribution in [0.5, 0.6) is 0 Å². The van der Waals surface area contributed by atoms with Crippen LogP contribution >= 0.6 is 11.8 Å². The summed E-state index contributed by atoms with van der Waals surface area (Å²) in [6, 6.07) is 27.9. The first-order valence-electron chi connectivity index (χ1n) is 11.1. The number of ether oxygens (including phenoxy) is 1. The van der Waals surface area contributed by atoms with Crippen LogP contribution in [0.3, 0.4) is 0 Å². The standard InChI is InChI=1S/C28H29NO4S/c1-20(30)34-24(19-21-13-7-4-8-14-21)27(31)29(2)26(28(32)33-3)25(22-15-9-5-10-16-22)23-17-11-6-12-18-23/h4-18,24-26H,19H2,1-3H3/t24?,26-/m0/s1. The molecule has 0 N–H and O–H groups in total. The van der Waals surface area contributed by atoms with Crippen LogP contribution in [0.1, 0.15) is 29.5 Å². The highest BCUT2D eigenvalue weighted by molar-refractivity contribution is 8.14. The van der Waals surface area contributed by atoms with E-state index in [9.17, 15) is 14.4 Å². The molecule has 3 rings (SSSR count). The van der Waals surface area contributed by atoms with Gasteiger partial charge in [-0.05, 0) is 23.1 Å². The van der Waals surface area contributed by atoms with Crippen LogP contribution in [-0.2, 0) is 25.5 Å². The number of carbonyl (C=O) groups excluding carboxylic acids is 3. The van der Waals surface area contributed by atoms with E-state index in [4.69, 9.17) is 4.74 Å². The number of rotatable bonds is 9. The Morgan fingerprint density at radius 3 is 1.74 bits per heavy atom. The molecular formula is C28H29NO4S. The van der Waals surface area contributed by atoms with Crippen molar-refractivity contribution in [1.29, 1.82) is 0 Å². The molecule has 0 bridgehead atoms. The quantitative estimate of drug-likeness (QED) is 0.420. The fraction of sp³-hybridized carbons (Fsp3) is 0.250. The molecule has 6 heteroatoms. The monoisotopic (exact) mass is 475 g/mol. The highest BCUT2D eigenvalue weighted by Crippen LogP contribution is 2.33. The molecule has 2 atom stereocenters. The molecule has 0 aliphatic carbocycles. The fourth-order valence-corrected chi connectivity index (χ4v) is 5.03. The van der Waals surface area contributed by atoms with E-state index in [1.54, 1.807) is 7.05 Å². The number of amides is 1. The molecule has 1 amide bonds. The number of hydrogen-bond acceptors (Lipinski definition) is 5. The molecule has 1 unspecified atom stereocenters. The van der Waals surface area contributed by atoms with E-state index >= 15 is 0 Å². The van der Waals surface area contributed by atoms with Gasteiger partial charge in [0, 0.05) is 19.9 Å². The summed E-state index contributed by atoms with van der Waals surface area (Å²) < 4.78 is 5.18. The van der Waals surface area contributed by atoms with Crippen molar-refractivity contribution in [2.24, 2.45) is 0 Å². The summed E-state index contributed by atoms with van der Waals surface area (Å²) >= 11 is 0.989. The van der Waals surface area contributed by atoms with Crippen LogP contribution in [0.4, 0.5) is 0 Å². The molecule has 0 heterocycles. The van der Waals surface area contributed by atoms with Gasteiger partial charge in [0.2, 0.25) is 5.91 Å². The van der Waals surface area contributed by atoms with Gasteiger partial charge in [-0.25, -0.2) is 4.79 Å². The Bertz CT molecular complexity index is 1050. The van der Waals surface area contributed by atoms with Crippen molar-refractivity contribution in [1.82, 2.24) is 4.90 Å². The van der Waals surface area contributed by atoms with Gasteiger partial charge in [-0.2, -0.15) is 0 Å². The Morgan fingerprint density at radius 2 is 1.29 bits per heavy atom. The Labute approximate surface area is 205 Å². The number of thioether (sulfide) groups is 1. The maximum Gasteiger partial charge on any atom is 0.329 e. The van der Waals surface area contributed by atoms with Crippen molar-refractivity contribution in [2.75, 3.05) is 14.2 Å². The van der Waals surface area contributed by atoms with Gasteiger partial charge in [0.25, 0.3) is 0 Å². The summed E-state index contributed by atoms with van der Waals surface area (Å²) in [6.07, 6.45) is 0.378. The van der Waals surface area contributed by atoms with Crippen molar-refractivity contribution in [2.45, 2.75) is 30.6 Å². The molecule has 0 fully saturated rings. The minimum absolute atomic E-state index is 0.153. The van der Waals surface area contributed by atoms with Crippen LogP contribution < -0.4 is 0 Å². The Hall–Kier alpha value is -3.38. The zero-order valence-electron chi connectivity index (χ0n) is 19.6. The summed E-state index contributed by atoms with van der Waals surface area (Å²) in [7, 11) is 2.94. The Balaban J connectivity index is 2.02. The highest BCUT2D eigenvalue weighted by Gasteiger charge is 2.39. The number of carbonyl (C=O) groups is 3. The van der Waals surface area contributed by atoms with Gasteiger partial charge in [0.15, 0.2) is 5.12 Å². The van der Waals surface area contributed by atoms with Crippen molar-refractivity contribution in [3.05, 3.63) is 108 Å². The average Bonchev–Trinajstić information content (AvgIpc) is 2.87. The molecule has 0 spiro atoms. The van der Waals surface area contributed by atoms with E-state index < -0.39 is 23.2 Å². The fourth-order valence-electron chi connectivity index (χ4n) is 4.09. The molecule has 3 aromatic rings. The second-order valence-electron chi connectivity index (χ2n) is 8.00. The lowest BCUT2D eigenvalue weighted by atomic mass is 9.84. The summed E-state index contributed by atoms with van der Waals surface area (Å²) in [5, 5.41) is -0.816. The number of benzene rings is 3. The van der Waals surface area contributed by atoms with Gasteiger partial charge in [0.05, 0.1) is 12.4 Å². The second kappa shape index (κ2) is 12.2. The zero-order chi connectivity index (χ0) is 24.5. The van der Waals surface area contributed by atoms with Crippen LogP contribution in [-0.4, -0.2) is 47.3 Å². The molecule has 0 aromatic heterocycles. The summed E-state index contributed by atoms with van der Waals surface area (Å²) in [6.45, 7) is 1.45. The van der Waals surface area contributed by atoms with E-state index in [1.165, 1.54) is 18.9 Å². The smallest absolute Gasteiger partial charge is 0.329 e. The first-order chi connectivity index (χ1) is 16.4. The first-order valence-corrected chi connectivity index (χ1v) is 12.0. The number of esters is 1. The minimum atomic E-state index is -0.909. The molecule has 5 nitrogen and oxygen atoms in total. The van der Waals surface area contributed by atoms with Crippen LogP contribution in [0.2, 0.25) is 0 Å². The minimum Gasteiger partial charge on any atom is -0.467 e. The lowest BCUT2D eigenvalue weighted by Gasteiger charge is -2.35. The molecule has 3 aromatic carbocycles. The van der Waals surface area contributed by atoms with Gasteiger partial charge >= 0.3 is 5.97 Å². The summed E-state index contributed by atoms with van der Waals surface area (Å²) in [5.41, 5.74) is 2.73. The third-order valence-electron chi connectivity index (χ3n) is 5.69. The number of methoxy groups -OCH3 is 1. The predicted molar refractivity (Wildman–Crippen MR) is 136 cm³/mol. The number of likely N-dealkylation sites (N-methyl/N-ethyl adjacent to an activating group) is 1. The topological polar surface area (TPSA) is 63.7 Å². The van der Waals surface area contributed by atoms with E-state index in [-0.39, 0.29) is 11.0 Å². The summed E-state index contributed by atoms with van der Waals surface area (Å²) in [4.78, 5) is 40.4. The summed E-state index contributed by atoms with van der Waals surface area (Å²) in [5.74, 6) is -1.25. The molecule has 0 aliphatic rings. The van der Waals surface area contributed by atoms with Crippen molar-refractivity contribution < 1.29 is 19.1 Å². The molecule has 0 saturated carbocycles. The van der Waals surface area contributed by atoms with E-state index in [0.29, 0.717) is 6.42 Å². The van der Waals surface area contributed by atoms with E-state index in [2.05, 4.69) is 0 Å². The predicted octanol–water partition coefficient (Wildman–Crippen LogP) is 4.71. The van der Waals surface area contributed by atoms with Crippen LogP contribution in [0.15, 0.2) is 91.0 Å². The molecule has 34 heavy (non-hydrogen) atoms. The molecule has 0 radical (unpaired) electrons. The normalized spacial score (nSPS) is 12.6. The third kappa shape index (κ3) is 6.35. The third-order valence-corrected chi connectivity index (χ3v) is 6.67. The maximum absolute atomic E-state index is 13.8.